The molecule has 2 nitrogen and oxygen atoms in total. The number of hydrogen-bond donors (Lipinski definition) is 1. The molecule has 2 aliphatic carbocycles. The summed E-state index contributed by atoms with van der Waals surface area (Å²) in [7, 11) is 1.61. The molecule has 0 bridgehead atoms. The van der Waals surface area contributed by atoms with Crippen molar-refractivity contribution in [2.24, 2.45) is 5.92 Å². The van der Waals surface area contributed by atoms with E-state index in [0.717, 1.165) is 25.7 Å². The maximum Gasteiger partial charge on any atom is 0.248 e. The molecule has 0 aromatic heterocycles. The molecular weight excluding hydrogens is 238 g/mol. The number of rotatable bonds is 3. The van der Waals surface area contributed by atoms with E-state index in [-0.39, 0.29) is 24.9 Å². The molecule has 0 radical (unpaired) electrons. The van der Waals surface area contributed by atoms with E-state index >= 15 is 0 Å². The Morgan fingerprint density at radius 1 is 1.17 bits per heavy atom. The Morgan fingerprint density at radius 3 is 2.61 bits per heavy atom. The van der Waals surface area contributed by atoms with Crippen molar-refractivity contribution in [1.82, 2.24) is 0 Å². The van der Waals surface area contributed by atoms with Crippen LogP contribution in [-0.2, 0) is 4.74 Å². The van der Waals surface area contributed by atoms with Gasteiger partial charge in [-0.25, -0.2) is 8.78 Å². The maximum absolute atomic E-state index is 13.4. The predicted octanol–water partition coefficient (Wildman–Crippen LogP) is 3.52. The predicted molar refractivity (Wildman–Crippen MR) is 65.7 cm³/mol. The van der Waals surface area contributed by atoms with Crippen molar-refractivity contribution in [3.05, 3.63) is 0 Å². The quantitative estimate of drug-likeness (QED) is 0.843. The highest BCUT2D eigenvalue weighted by Crippen LogP contribution is 2.43. The van der Waals surface area contributed by atoms with Crippen LogP contribution in [0.1, 0.15) is 57.8 Å². The molecule has 3 atom stereocenters. The summed E-state index contributed by atoms with van der Waals surface area (Å²) in [5.74, 6) is -2.59. The molecule has 4 heteroatoms. The molecular formula is C14H24F2O2. The lowest BCUT2D eigenvalue weighted by Gasteiger charge is -2.42. The number of methoxy groups -OCH3 is 1. The summed E-state index contributed by atoms with van der Waals surface area (Å²) in [6, 6.07) is 0. The summed E-state index contributed by atoms with van der Waals surface area (Å²) >= 11 is 0. The normalized spacial score (nSPS) is 40.7. The highest BCUT2D eigenvalue weighted by Gasteiger charge is 2.44. The highest BCUT2D eigenvalue weighted by molar-refractivity contribution is 4.94. The second kappa shape index (κ2) is 5.41. The van der Waals surface area contributed by atoms with E-state index in [1.165, 1.54) is 0 Å². The van der Waals surface area contributed by atoms with E-state index < -0.39 is 11.5 Å². The molecule has 0 spiro atoms. The first-order chi connectivity index (χ1) is 8.45. The first-order valence-electron chi connectivity index (χ1n) is 7.08. The van der Waals surface area contributed by atoms with E-state index in [1.54, 1.807) is 7.11 Å². The van der Waals surface area contributed by atoms with Gasteiger partial charge in [-0.1, -0.05) is 12.8 Å². The summed E-state index contributed by atoms with van der Waals surface area (Å²) in [4.78, 5) is 0. The zero-order valence-electron chi connectivity index (χ0n) is 11.1. The Labute approximate surface area is 108 Å². The fourth-order valence-corrected chi connectivity index (χ4v) is 3.71. The third-order valence-corrected chi connectivity index (χ3v) is 4.59. The van der Waals surface area contributed by atoms with E-state index in [2.05, 4.69) is 0 Å². The molecule has 1 N–H and O–H groups in total. The zero-order valence-corrected chi connectivity index (χ0v) is 11.1. The molecule has 0 aromatic carbocycles. The Morgan fingerprint density at radius 2 is 1.94 bits per heavy atom. The molecule has 0 aromatic rings. The first kappa shape index (κ1) is 14.2. The van der Waals surface area contributed by atoms with E-state index in [0.29, 0.717) is 19.3 Å². The van der Waals surface area contributed by atoms with Crippen LogP contribution in [0.15, 0.2) is 0 Å². The van der Waals surface area contributed by atoms with E-state index in [9.17, 15) is 13.9 Å². The Balaban J connectivity index is 1.98. The van der Waals surface area contributed by atoms with Crippen LogP contribution in [0.5, 0.6) is 0 Å². The van der Waals surface area contributed by atoms with Gasteiger partial charge in [-0.3, -0.25) is 0 Å². The molecule has 2 aliphatic rings. The third-order valence-electron chi connectivity index (χ3n) is 4.59. The lowest BCUT2D eigenvalue weighted by atomic mass is 9.72. The van der Waals surface area contributed by atoms with Crippen LogP contribution >= 0.6 is 0 Å². The summed E-state index contributed by atoms with van der Waals surface area (Å²) in [6.07, 6.45) is 5.19. The van der Waals surface area contributed by atoms with Gasteiger partial charge in [-0.15, -0.1) is 0 Å². The fraction of sp³-hybridized carbons (Fsp3) is 1.00. The minimum atomic E-state index is -2.53. The standard InChI is InChI=1S/C14H24F2O2/c1-18-12-6-2-3-7-13(12,17)9-11-5-4-8-14(15,16)10-11/h11-12,17H,2-10H2,1H3. The number of hydrogen-bond acceptors (Lipinski definition) is 2. The van der Waals surface area contributed by atoms with Crippen LogP contribution in [0.25, 0.3) is 0 Å². The molecule has 0 aliphatic heterocycles. The zero-order chi connectivity index (χ0) is 13.2. The molecule has 2 saturated carbocycles. The van der Waals surface area contributed by atoms with Crippen LogP contribution in [0.2, 0.25) is 0 Å². The minimum absolute atomic E-state index is 0.00956. The van der Waals surface area contributed by atoms with Gasteiger partial charge in [0.2, 0.25) is 5.92 Å². The van der Waals surface area contributed by atoms with Gasteiger partial charge >= 0.3 is 0 Å². The summed E-state index contributed by atoms with van der Waals surface area (Å²) in [5.41, 5.74) is -0.884. The Bertz CT molecular complexity index is 283. The van der Waals surface area contributed by atoms with Gasteiger partial charge in [0.25, 0.3) is 0 Å². The molecule has 2 fully saturated rings. The highest BCUT2D eigenvalue weighted by atomic mass is 19.3. The van der Waals surface area contributed by atoms with Crippen molar-refractivity contribution >= 4 is 0 Å². The van der Waals surface area contributed by atoms with Crippen molar-refractivity contribution in [3.8, 4) is 0 Å². The lowest BCUT2D eigenvalue weighted by Crippen LogP contribution is -2.48. The van der Waals surface area contributed by atoms with Crippen molar-refractivity contribution in [3.63, 3.8) is 0 Å². The maximum atomic E-state index is 13.4. The van der Waals surface area contributed by atoms with Crippen molar-refractivity contribution < 1.29 is 18.6 Å². The summed E-state index contributed by atoms with van der Waals surface area (Å²) in [6.45, 7) is 0. The van der Waals surface area contributed by atoms with Gasteiger partial charge in [0.15, 0.2) is 0 Å². The fourth-order valence-electron chi connectivity index (χ4n) is 3.71. The Hall–Kier alpha value is -0.220. The second-order valence-electron chi connectivity index (χ2n) is 6.10. The number of halogens is 2. The van der Waals surface area contributed by atoms with Crippen molar-refractivity contribution in [2.45, 2.75) is 75.4 Å². The smallest absolute Gasteiger partial charge is 0.248 e. The van der Waals surface area contributed by atoms with Crippen LogP contribution < -0.4 is 0 Å². The van der Waals surface area contributed by atoms with Crippen molar-refractivity contribution in [2.75, 3.05) is 7.11 Å². The summed E-state index contributed by atoms with van der Waals surface area (Å²) < 4.78 is 32.2. The lowest BCUT2D eigenvalue weighted by molar-refractivity contribution is -0.139. The van der Waals surface area contributed by atoms with Gasteiger partial charge in [0.05, 0.1) is 11.7 Å². The van der Waals surface area contributed by atoms with Gasteiger partial charge in [-0.05, 0) is 38.0 Å². The topological polar surface area (TPSA) is 29.5 Å². The molecule has 106 valence electrons. The van der Waals surface area contributed by atoms with Gasteiger partial charge in [0.1, 0.15) is 0 Å². The molecule has 0 heterocycles. The number of ether oxygens (including phenoxy) is 1. The average Bonchev–Trinajstić information content (AvgIpc) is 2.27. The first-order valence-corrected chi connectivity index (χ1v) is 7.08. The van der Waals surface area contributed by atoms with E-state index in [1.807, 2.05) is 0 Å². The van der Waals surface area contributed by atoms with Crippen LogP contribution in [0.4, 0.5) is 8.78 Å². The molecule has 3 unspecified atom stereocenters. The third kappa shape index (κ3) is 3.21. The average molecular weight is 262 g/mol. The van der Waals surface area contributed by atoms with Gasteiger partial charge in [0, 0.05) is 20.0 Å². The molecule has 0 saturated heterocycles. The Kier molecular flexibility index (Phi) is 4.27. The largest absolute Gasteiger partial charge is 0.387 e. The molecule has 2 rings (SSSR count). The van der Waals surface area contributed by atoms with Gasteiger partial charge < -0.3 is 9.84 Å². The van der Waals surface area contributed by atoms with Gasteiger partial charge in [-0.2, -0.15) is 0 Å². The monoisotopic (exact) mass is 262 g/mol. The molecule has 18 heavy (non-hydrogen) atoms. The van der Waals surface area contributed by atoms with E-state index in [4.69, 9.17) is 4.74 Å². The minimum Gasteiger partial charge on any atom is -0.387 e. The van der Waals surface area contributed by atoms with Crippen molar-refractivity contribution in [1.29, 1.82) is 0 Å². The van der Waals surface area contributed by atoms with Crippen LogP contribution in [0, 0.1) is 5.92 Å². The summed E-state index contributed by atoms with van der Waals surface area (Å²) in [5, 5.41) is 10.7. The van der Waals surface area contributed by atoms with Crippen LogP contribution in [0.3, 0.4) is 0 Å². The van der Waals surface area contributed by atoms with Crippen LogP contribution in [-0.4, -0.2) is 29.8 Å². The number of aliphatic hydroxyl groups is 1. The number of alkyl halides is 2. The molecule has 0 amide bonds. The second-order valence-corrected chi connectivity index (χ2v) is 6.10. The SMILES string of the molecule is COC1CCCCC1(O)CC1CCCC(F)(F)C1.